The summed E-state index contributed by atoms with van der Waals surface area (Å²) in [6, 6.07) is 16.8. The van der Waals surface area contributed by atoms with E-state index in [1.807, 2.05) is 36.4 Å². The maximum absolute atomic E-state index is 12.7. The van der Waals surface area contributed by atoms with Crippen LogP contribution in [-0.4, -0.2) is 27.2 Å². The maximum Gasteiger partial charge on any atom is 0.229 e. The summed E-state index contributed by atoms with van der Waals surface area (Å²) in [7, 11) is 4.72. The molecule has 148 valence electrons. The number of nitrogens with one attached hydrogen (secondary N) is 1. The highest BCUT2D eigenvalue weighted by Crippen LogP contribution is 2.36. The van der Waals surface area contributed by atoms with Gasteiger partial charge in [0, 0.05) is 28.5 Å². The number of fused-ring (bicyclic) bond motifs is 3. The monoisotopic (exact) mass is 391 g/mol. The molecule has 0 radical (unpaired) electrons. The number of ether oxygens (including phenoxy) is 3. The third-order valence-corrected chi connectivity index (χ3v) is 4.82. The molecule has 29 heavy (non-hydrogen) atoms. The summed E-state index contributed by atoms with van der Waals surface area (Å²) in [6.07, 6.45) is 0.147. The molecule has 0 spiro atoms. The largest absolute Gasteiger partial charge is 0.497 e. The van der Waals surface area contributed by atoms with Gasteiger partial charge in [-0.3, -0.25) is 4.79 Å². The highest BCUT2D eigenvalue weighted by molar-refractivity contribution is 6.07. The van der Waals surface area contributed by atoms with Crippen molar-refractivity contribution in [2.45, 2.75) is 6.42 Å². The van der Waals surface area contributed by atoms with Gasteiger partial charge in [-0.2, -0.15) is 0 Å². The molecule has 0 aliphatic rings. The van der Waals surface area contributed by atoms with Crippen LogP contribution in [0.4, 0.5) is 5.69 Å². The Balaban J connectivity index is 1.63. The van der Waals surface area contributed by atoms with E-state index in [0.29, 0.717) is 28.5 Å². The normalized spacial score (nSPS) is 10.9. The Morgan fingerprint density at radius 2 is 1.66 bits per heavy atom. The van der Waals surface area contributed by atoms with Gasteiger partial charge in [0.2, 0.25) is 5.91 Å². The summed E-state index contributed by atoms with van der Waals surface area (Å²) < 4.78 is 22.0. The summed E-state index contributed by atoms with van der Waals surface area (Å²) in [4.78, 5) is 12.7. The van der Waals surface area contributed by atoms with Gasteiger partial charge in [0.05, 0.1) is 33.4 Å². The standard InChI is InChI=1S/C23H21NO5/c1-26-15-9-8-14(20(11-15)27-2)10-23(25)24-18-13-21-17(12-22(18)28-3)16-6-4-5-7-19(16)29-21/h4-9,11-13H,10H2,1-3H3,(H,24,25). The predicted octanol–water partition coefficient (Wildman–Crippen LogP) is 4.79. The summed E-state index contributed by atoms with van der Waals surface area (Å²) in [5.74, 6) is 1.64. The Bertz CT molecular complexity index is 1190. The molecule has 6 nitrogen and oxygen atoms in total. The van der Waals surface area contributed by atoms with Crippen molar-refractivity contribution < 1.29 is 23.4 Å². The van der Waals surface area contributed by atoms with Crippen LogP contribution >= 0.6 is 0 Å². The zero-order valence-corrected chi connectivity index (χ0v) is 16.4. The van der Waals surface area contributed by atoms with E-state index in [2.05, 4.69) is 5.32 Å². The molecule has 0 fully saturated rings. The van der Waals surface area contributed by atoms with Crippen LogP contribution in [0.25, 0.3) is 21.9 Å². The van der Waals surface area contributed by atoms with E-state index in [4.69, 9.17) is 18.6 Å². The Hall–Kier alpha value is -3.67. The van der Waals surface area contributed by atoms with Crippen LogP contribution in [-0.2, 0) is 11.2 Å². The first-order chi connectivity index (χ1) is 14.1. The zero-order chi connectivity index (χ0) is 20.4. The molecule has 0 atom stereocenters. The summed E-state index contributed by atoms with van der Waals surface area (Å²) >= 11 is 0. The Labute approximate surface area is 168 Å². The number of furan rings is 1. The van der Waals surface area contributed by atoms with Gasteiger partial charge in [0.25, 0.3) is 0 Å². The van der Waals surface area contributed by atoms with Crippen molar-refractivity contribution in [1.29, 1.82) is 0 Å². The second-order valence-corrected chi connectivity index (χ2v) is 6.55. The van der Waals surface area contributed by atoms with Gasteiger partial charge >= 0.3 is 0 Å². The lowest BCUT2D eigenvalue weighted by atomic mass is 10.1. The number of carbonyl (C=O) groups excluding carboxylic acids is 1. The quantitative estimate of drug-likeness (QED) is 0.512. The molecule has 3 aromatic carbocycles. The molecule has 1 heterocycles. The van der Waals surface area contributed by atoms with E-state index < -0.39 is 0 Å². The van der Waals surface area contributed by atoms with Crippen LogP contribution in [0.15, 0.2) is 59.0 Å². The number of hydrogen-bond donors (Lipinski definition) is 1. The Morgan fingerprint density at radius 3 is 2.41 bits per heavy atom. The third kappa shape index (κ3) is 3.57. The molecular formula is C23H21NO5. The average Bonchev–Trinajstić information content (AvgIpc) is 3.10. The van der Waals surface area contributed by atoms with Gasteiger partial charge in [-0.05, 0) is 18.2 Å². The minimum absolute atomic E-state index is 0.147. The van der Waals surface area contributed by atoms with E-state index >= 15 is 0 Å². The number of rotatable bonds is 6. The predicted molar refractivity (Wildman–Crippen MR) is 112 cm³/mol. The van der Waals surface area contributed by atoms with E-state index in [0.717, 1.165) is 21.9 Å². The van der Waals surface area contributed by atoms with Gasteiger partial charge < -0.3 is 23.9 Å². The molecule has 1 aromatic heterocycles. The lowest BCUT2D eigenvalue weighted by Gasteiger charge is -2.12. The van der Waals surface area contributed by atoms with Gasteiger partial charge in [-0.25, -0.2) is 0 Å². The van der Waals surface area contributed by atoms with Gasteiger partial charge in [0.1, 0.15) is 28.4 Å². The van der Waals surface area contributed by atoms with Crippen molar-refractivity contribution in [3.8, 4) is 17.2 Å². The molecule has 0 saturated heterocycles. The van der Waals surface area contributed by atoms with Crippen LogP contribution in [0.5, 0.6) is 17.2 Å². The van der Waals surface area contributed by atoms with Gasteiger partial charge in [-0.1, -0.05) is 24.3 Å². The smallest absolute Gasteiger partial charge is 0.229 e. The molecule has 4 rings (SSSR count). The van der Waals surface area contributed by atoms with Crippen molar-refractivity contribution in [3.63, 3.8) is 0 Å². The second-order valence-electron chi connectivity index (χ2n) is 6.55. The molecule has 0 saturated carbocycles. The third-order valence-electron chi connectivity index (χ3n) is 4.82. The van der Waals surface area contributed by atoms with Gasteiger partial charge in [0.15, 0.2) is 0 Å². The molecule has 1 amide bonds. The van der Waals surface area contributed by atoms with Crippen molar-refractivity contribution in [2.75, 3.05) is 26.6 Å². The first-order valence-electron chi connectivity index (χ1n) is 9.13. The number of para-hydroxylation sites is 1. The Morgan fingerprint density at radius 1 is 0.862 bits per heavy atom. The molecular weight excluding hydrogens is 370 g/mol. The van der Waals surface area contributed by atoms with E-state index in [-0.39, 0.29) is 12.3 Å². The van der Waals surface area contributed by atoms with E-state index in [1.54, 1.807) is 39.5 Å². The number of benzene rings is 3. The van der Waals surface area contributed by atoms with E-state index in [9.17, 15) is 4.79 Å². The fourth-order valence-corrected chi connectivity index (χ4v) is 3.38. The zero-order valence-electron chi connectivity index (χ0n) is 16.4. The van der Waals surface area contributed by atoms with Crippen molar-refractivity contribution >= 4 is 33.5 Å². The maximum atomic E-state index is 12.7. The molecule has 0 unspecified atom stereocenters. The Kier molecular flexibility index (Phi) is 4.99. The minimum Gasteiger partial charge on any atom is -0.497 e. The fraction of sp³-hybridized carbons (Fsp3) is 0.174. The van der Waals surface area contributed by atoms with Gasteiger partial charge in [-0.15, -0.1) is 0 Å². The van der Waals surface area contributed by atoms with Crippen LogP contribution in [0.1, 0.15) is 5.56 Å². The summed E-state index contributed by atoms with van der Waals surface area (Å²) in [6.45, 7) is 0. The number of carbonyl (C=O) groups is 1. The molecule has 0 aliphatic carbocycles. The topological polar surface area (TPSA) is 69.9 Å². The number of methoxy groups -OCH3 is 3. The number of anilines is 1. The highest BCUT2D eigenvalue weighted by atomic mass is 16.5. The second kappa shape index (κ2) is 7.75. The minimum atomic E-state index is -0.192. The number of hydrogen-bond acceptors (Lipinski definition) is 5. The van der Waals surface area contributed by atoms with Crippen molar-refractivity contribution in [3.05, 3.63) is 60.2 Å². The van der Waals surface area contributed by atoms with Crippen LogP contribution < -0.4 is 19.5 Å². The first-order valence-corrected chi connectivity index (χ1v) is 9.13. The van der Waals surface area contributed by atoms with Crippen LogP contribution in [0.2, 0.25) is 0 Å². The van der Waals surface area contributed by atoms with Crippen molar-refractivity contribution in [2.24, 2.45) is 0 Å². The SMILES string of the molecule is COc1ccc(CC(=O)Nc2cc3oc4ccccc4c3cc2OC)c(OC)c1. The molecule has 1 N–H and O–H groups in total. The van der Waals surface area contributed by atoms with Crippen molar-refractivity contribution in [1.82, 2.24) is 0 Å². The average molecular weight is 391 g/mol. The number of amides is 1. The summed E-state index contributed by atoms with van der Waals surface area (Å²) in [5.41, 5.74) is 2.78. The lowest BCUT2D eigenvalue weighted by Crippen LogP contribution is -2.15. The van der Waals surface area contributed by atoms with Crippen LogP contribution in [0.3, 0.4) is 0 Å². The first kappa shape index (κ1) is 18.7. The fourth-order valence-electron chi connectivity index (χ4n) is 3.38. The molecule has 0 aliphatic heterocycles. The van der Waals surface area contributed by atoms with Crippen LogP contribution in [0, 0.1) is 0 Å². The lowest BCUT2D eigenvalue weighted by molar-refractivity contribution is -0.115. The highest BCUT2D eigenvalue weighted by Gasteiger charge is 2.16. The summed E-state index contributed by atoms with van der Waals surface area (Å²) in [5, 5.41) is 4.85. The molecule has 6 heteroatoms. The van der Waals surface area contributed by atoms with E-state index in [1.165, 1.54) is 0 Å². The molecule has 4 aromatic rings. The molecule has 0 bridgehead atoms.